The highest BCUT2D eigenvalue weighted by Crippen LogP contribution is 2.27. The fraction of sp³-hybridized carbons (Fsp3) is 0.273. The van der Waals surface area contributed by atoms with Crippen LogP contribution >= 0.6 is 0 Å². The predicted octanol–water partition coefficient (Wildman–Crippen LogP) is 4.05. The molecule has 4 aromatic rings. The zero-order chi connectivity index (χ0) is 21.4. The van der Waals surface area contributed by atoms with Gasteiger partial charge in [0.15, 0.2) is 0 Å². The number of pyridine rings is 1. The topological polar surface area (TPSA) is 85.8 Å². The van der Waals surface area contributed by atoms with E-state index in [2.05, 4.69) is 20.4 Å². The third kappa shape index (κ3) is 3.56. The molecule has 0 saturated heterocycles. The maximum Gasteiger partial charge on any atom is 0.259 e. The van der Waals surface area contributed by atoms with Gasteiger partial charge in [-0.15, -0.1) is 0 Å². The van der Waals surface area contributed by atoms with E-state index < -0.39 is 6.04 Å². The summed E-state index contributed by atoms with van der Waals surface area (Å²) in [6.45, 7) is 5.74. The largest absolute Gasteiger partial charge is 0.338 e. The van der Waals surface area contributed by atoms with Gasteiger partial charge in [-0.1, -0.05) is 31.1 Å². The van der Waals surface area contributed by atoms with E-state index in [-0.39, 0.29) is 17.6 Å². The summed E-state index contributed by atoms with van der Waals surface area (Å²) in [5, 5.41) is 7.54. The van der Waals surface area contributed by atoms with Crippen molar-refractivity contribution in [3.63, 3.8) is 0 Å². The van der Waals surface area contributed by atoms with Crippen LogP contribution in [0.15, 0.2) is 47.2 Å². The summed E-state index contributed by atoms with van der Waals surface area (Å²) in [6.07, 6.45) is 3.42. The molecule has 3 heterocycles. The Labute approximate surface area is 172 Å². The van der Waals surface area contributed by atoms with Gasteiger partial charge in [0, 0.05) is 25.1 Å². The molecule has 0 spiro atoms. The molecule has 0 saturated carbocycles. The summed E-state index contributed by atoms with van der Waals surface area (Å²) in [6, 6.07) is 7.24. The lowest BCUT2D eigenvalue weighted by molar-refractivity contribution is 0.0942. The molecule has 3 aromatic heterocycles. The number of imidazole rings is 1. The third-order valence-electron chi connectivity index (χ3n) is 5.05. The van der Waals surface area contributed by atoms with Crippen LogP contribution in [0.2, 0.25) is 0 Å². The number of nitrogens with one attached hydrogen (secondary N) is 1. The van der Waals surface area contributed by atoms with E-state index in [4.69, 9.17) is 4.52 Å². The van der Waals surface area contributed by atoms with Crippen molar-refractivity contribution in [1.82, 2.24) is 25.0 Å². The highest BCUT2D eigenvalue weighted by Gasteiger charge is 2.25. The van der Waals surface area contributed by atoms with Crippen molar-refractivity contribution in [2.75, 3.05) is 0 Å². The minimum absolute atomic E-state index is 0.0971. The van der Waals surface area contributed by atoms with Gasteiger partial charge in [0.05, 0.1) is 16.6 Å². The number of benzene rings is 1. The van der Waals surface area contributed by atoms with E-state index in [1.165, 1.54) is 12.1 Å². The van der Waals surface area contributed by atoms with Crippen LogP contribution in [-0.4, -0.2) is 25.6 Å². The lowest BCUT2D eigenvalue weighted by atomic mass is 10.0. The standard InChI is InChI=1S/C22H22FN5O2/c1-12(2)17-11-16(18-13(3)27-30-22(18)25-17)21(29)26-19(20-24-8-9-28(20)4)14-6-5-7-15(23)10-14/h5-12,19H,1-4H3,(H,26,29). The van der Waals surface area contributed by atoms with Crippen LogP contribution in [0.5, 0.6) is 0 Å². The maximum absolute atomic E-state index is 13.9. The molecule has 1 amide bonds. The minimum Gasteiger partial charge on any atom is -0.338 e. The number of nitrogens with zero attached hydrogens (tertiary/aromatic N) is 4. The second kappa shape index (κ2) is 7.70. The normalized spacial score (nSPS) is 12.5. The monoisotopic (exact) mass is 407 g/mol. The lowest BCUT2D eigenvalue weighted by Gasteiger charge is -2.20. The second-order valence-electron chi connectivity index (χ2n) is 7.56. The maximum atomic E-state index is 13.9. The van der Waals surface area contributed by atoms with Gasteiger partial charge in [0.2, 0.25) is 0 Å². The Bertz CT molecular complexity index is 1230. The highest BCUT2D eigenvalue weighted by molar-refractivity contribution is 6.06. The number of fused-ring (bicyclic) bond motifs is 1. The molecule has 0 aliphatic carbocycles. The van der Waals surface area contributed by atoms with Gasteiger partial charge >= 0.3 is 0 Å². The molecule has 1 atom stereocenters. The van der Waals surface area contributed by atoms with Crippen molar-refractivity contribution in [3.05, 3.63) is 76.9 Å². The molecule has 8 heteroatoms. The van der Waals surface area contributed by atoms with Gasteiger partial charge in [0.25, 0.3) is 11.6 Å². The van der Waals surface area contributed by atoms with Gasteiger partial charge in [-0.25, -0.2) is 14.4 Å². The molecule has 0 aliphatic rings. The Morgan fingerprint density at radius 3 is 2.73 bits per heavy atom. The summed E-state index contributed by atoms with van der Waals surface area (Å²) in [7, 11) is 1.83. The molecule has 1 N–H and O–H groups in total. The Kier molecular flexibility index (Phi) is 5.07. The molecule has 0 fully saturated rings. The van der Waals surface area contributed by atoms with Gasteiger partial charge in [0.1, 0.15) is 17.7 Å². The average Bonchev–Trinajstić information content (AvgIpc) is 3.31. The summed E-state index contributed by atoms with van der Waals surface area (Å²) >= 11 is 0. The second-order valence-corrected chi connectivity index (χ2v) is 7.56. The van der Waals surface area contributed by atoms with Crippen LogP contribution < -0.4 is 5.32 Å². The van der Waals surface area contributed by atoms with E-state index in [1.54, 1.807) is 42.1 Å². The van der Waals surface area contributed by atoms with Crippen LogP contribution in [0.25, 0.3) is 11.1 Å². The first kappa shape index (κ1) is 19.8. The number of hydrogen-bond donors (Lipinski definition) is 1. The third-order valence-corrected chi connectivity index (χ3v) is 5.05. The molecule has 0 aliphatic heterocycles. The van der Waals surface area contributed by atoms with Crippen molar-refractivity contribution in [2.24, 2.45) is 7.05 Å². The predicted molar refractivity (Wildman–Crippen MR) is 110 cm³/mol. The van der Waals surface area contributed by atoms with Crippen molar-refractivity contribution in [2.45, 2.75) is 32.7 Å². The average molecular weight is 407 g/mol. The number of carbonyl (C=O) groups excluding carboxylic acids is 1. The van der Waals surface area contributed by atoms with Crippen molar-refractivity contribution < 1.29 is 13.7 Å². The van der Waals surface area contributed by atoms with Gasteiger partial charge in [-0.2, -0.15) is 0 Å². The van der Waals surface area contributed by atoms with Gasteiger partial charge in [-0.05, 0) is 36.6 Å². The minimum atomic E-state index is -0.640. The Morgan fingerprint density at radius 1 is 1.27 bits per heavy atom. The van der Waals surface area contributed by atoms with Crippen LogP contribution in [0.1, 0.15) is 58.9 Å². The quantitative estimate of drug-likeness (QED) is 0.539. The van der Waals surface area contributed by atoms with E-state index in [0.717, 1.165) is 5.69 Å². The van der Waals surface area contributed by atoms with Gasteiger partial charge in [-0.3, -0.25) is 4.79 Å². The molecule has 0 bridgehead atoms. The molecule has 1 unspecified atom stereocenters. The van der Waals surface area contributed by atoms with E-state index in [9.17, 15) is 9.18 Å². The Morgan fingerprint density at radius 2 is 2.07 bits per heavy atom. The molecular weight excluding hydrogens is 385 g/mol. The van der Waals surface area contributed by atoms with E-state index >= 15 is 0 Å². The molecule has 30 heavy (non-hydrogen) atoms. The number of aromatic nitrogens is 4. The fourth-order valence-electron chi connectivity index (χ4n) is 3.44. The van der Waals surface area contributed by atoms with Crippen LogP contribution in [0, 0.1) is 12.7 Å². The zero-order valence-corrected chi connectivity index (χ0v) is 17.2. The fourth-order valence-corrected chi connectivity index (χ4v) is 3.44. The lowest BCUT2D eigenvalue weighted by Crippen LogP contribution is -2.31. The van der Waals surface area contributed by atoms with Crippen LogP contribution in [0.3, 0.4) is 0 Å². The molecule has 4 rings (SSSR count). The molecule has 1 aromatic carbocycles. The summed E-state index contributed by atoms with van der Waals surface area (Å²) in [5.74, 6) is -0.0395. The number of halogens is 1. The zero-order valence-electron chi connectivity index (χ0n) is 17.2. The van der Waals surface area contributed by atoms with Crippen molar-refractivity contribution in [3.8, 4) is 0 Å². The number of aryl methyl sites for hydroxylation is 2. The van der Waals surface area contributed by atoms with E-state index in [1.807, 2.05) is 20.9 Å². The number of amides is 1. The molecule has 7 nitrogen and oxygen atoms in total. The van der Waals surface area contributed by atoms with Crippen molar-refractivity contribution in [1.29, 1.82) is 0 Å². The SMILES string of the molecule is Cc1noc2nc(C(C)C)cc(C(=O)NC(c3cccc(F)c3)c3nccn3C)c12. The molecule has 0 radical (unpaired) electrons. The summed E-state index contributed by atoms with van der Waals surface area (Å²) in [5.41, 5.74) is 2.63. The van der Waals surface area contributed by atoms with Crippen molar-refractivity contribution >= 4 is 17.0 Å². The van der Waals surface area contributed by atoms with Crippen LogP contribution in [0.4, 0.5) is 4.39 Å². The number of rotatable bonds is 5. The Hall–Kier alpha value is -3.55. The number of carbonyl (C=O) groups is 1. The highest BCUT2D eigenvalue weighted by atomic mass is 19.1. The first-order valence-corrected chi connectivity index (χ1v) is 9.65. The van der Waals surface area contributed by atoms with Gasteiger partial charge < -0.3 is 14.4 Å². The first-order valence-electron chi connectivity index (χ1n) is 9.65. The summed E-state index contributed by atoms with van der Waals surface area (Å²) < 4.78 is 21.0. The van der Waals surface area contributed by atoms with E-state index in [0.29, 0.717) is 33.7 Å². The molecular formula is C22H22FN5O2. The number of hydrogen-bond acceptors (Lipinski definition) is 5. The Balaban J connectivity index is 1.80. The van der Waals surface area contributed by atoms with Crippen LogP contribution in [-0.2, 0) is 7.05 Å². The molecule has 154 valence electrons. The first-order chi connectivity index (χ1) is 14.3. The summed E-state index contributed by atoms with van der Waals surface area (Å²) in [4.78, 5) is 22.3. The smallest absolute Gasteiger partial charge is 0.259 e.